The molecule has 7 rings (SSSR count). The molecule has 35 heavy (non-hydrogen) atoms. The second kappa shape index (κ2) is 9.85. The largest absolute Gasteiger partial charge is 0.457 e. The quantitative estimate of drug-likeness (QED) is 0.344. The lowest BCUT2D eigenvalue weighted by atomic mass is 9.53. The average Bonchev–Trinajstić information content (AvgIpc) is 3.21. The van der Waals surface area contributed by atoms with Gasteiger partial charge < -0.3 is 14.6 Å². The Labute approximate surface area is 213 Å². The summed E-state index contributed by atoms with van der Waals surface area (Å²) in [6.45, 7) is 4.26. The van der Waals surface area contributed by atoms with E-state index in [-0.39, 0.29) is 5.54 Å². The molecule has 0 amide bonds. The van der Waals surface area contributed by atoms with Gasteiger partial charge in [0.05, 0.1) is 5.54 Å². The Hall–Kier alpha value is -2.53. The van der Waals surface area contributed by atoms with E-state index in [4.69, 9.17) is 9.73 Å². The van der Waals surface area contributed by atoms with Crippen LogP contribution in [-0.4, -0.2) is 16.7 Å². The number of hydrogen-bond donors (Lipinski definition) is 1. The van der Waals surface area contributed by atoms with Crippen LogP contribution in [0.1, 0.15) is 57.6 Å². The van der Waals surface area contributed by atoms with Crippen LogP contribution >= 0.6 is 11.3 Å². The van der Waals surface area contributed by atoms with Crippen molar-refractivity contribution in [3.8, 4) is 11.5 Å². The normalized spacial score (nSPS) is 27.3. The fourth-order valence-corrected chi connectivity index (χ4v) is 8.19. The highest BCUT2D eigenvalue weighted by molar-refractivity contribution is 7.07. The maximum absolute atomic E-state index is 5.91. The summed E-state index contributed by atoms with van der Waals surface area (Å²) in [4.78, 5) is 6.82. The van der Waals surface area contributed by atoms with E-state index in [9.17, 15) is 0 Å². The van der Waals surface area contributed by atoms with Gasteiger partial charge in [0.15, 0.2) is 4.80 Å². The van der Waals surface area contributed by atoms with Gasteiger partial charge in [0, 0.05) is 36.3 Å². The highest BCUT2D eigenvalue weighted by Crippen LogP contribution is 2.57. The fraction of sp³-hybridized carbons (Fsp3) is 0.500. The lowest BCUT2D eigenvalue weighted by Crippen LogP contribution is -2.50. The van der Waals surface area contributed by atoms with Crippen molar-refractivity contribution in [3.63, 3.8) is 0 Å². The van der Waals surface area contributed by atoms with Crippen molar-refractivity contribution in [1.29, 1.82) is 0 Å². The van der Waals surface area contributed by atoms with Gasteiger partial charge in [0.1, 0.15) is 11.5 Å². The zero-order valence-corrected chi connectivity index (χ0v) is 21.6. The van der Waals surface area contributed by atoms with Crippen LogP contribution in [0.15, 0.2) is 65.0 Å². The number of benzene rings is 2. The molecule has 1 aromatic heterocycles. The zero-order chi connectivity index (χ0) is 23.7. The molecule has 0 atom stereocenters. The molecule has 184 valence electrons. The Bertz CT molecular complexity index is 1160. The van der Waals surface area contributed by atoms with E-state index in [1.54, 1.807) is 0 Å². The highest BCUT2D eigenvalue weighted by Gasteiger charge is 2.51. The van der Waals surface area contributed by atoms with E-state index in [1.807, 2.05) is 53.8 Å². The van der Waals surface area contributed by atoms with Gasteiger partial charge in [-0.15, -0.1) is 11.3 Å². The maximum Gasteiger partial charge on any atom is 0.185 e. The first-order valence-corrected chi connectivity index (χ1v) is 14.4. The highest BCUT2D eigenvalue weighted by atomic mass is 32.1. The number of ether oxygens (including phenoxy) is 1. The minimum atomic E-state index is 0.244. The van der Waals surface area contributed by atoms with E-state index >= 15 is 0 Å². The molecule has 0 saturated heterocycles. The van der Waals surface area contributed by atoms with Crippen molar-refractivity contribution in [2.75, 3.05) is 11.9 Å². The summed E-state index contributed by atoms with van der Waals surface area (Å²) in [5, 5.41) is 5.95. The first kappa shape index (κ1) is 22.9. The number of para-hydroxylation sites is 1. The van der Waals surface area contributed by atoms with Crippen LogP contribution in [0.5, 0.6) is 11.5 Å². The summed E-state index contributed by atoms with van der Waals surface area (Å²) >= 11 is 1.87. The van der Waals surface area contributed by atoms with Gasteiger partial charge in [-0.2, -0.15) is 0 Å². The number of nitrogens with one attached hydrogen (secondary N) is 1. The predicted octanol–water partition coefficient (Wildman–Crippen LogP) is 7.28. The van der Waals surface area contributed by atoms with Crippen molar-refractivity contribution in [2.45, 2.75) is 70.4 Å². The van der Waals surface area contributed by atoms with Crippen molar-refractivity contribution >= 4 is 17.0 Å². The first-order valence-electron chi connectivity index (χ1n) is 13.5. The minimum Gasteiger partial charge on any atom is -0.457 e. The topological polar surface area (TPSA) is 38.5 Å². The SMILES string of the molecule is CCCn1c(CCNc2ccc(Oc3ccccc3)cc2)csc1=NC12CC3CC(CC(C3)C1)C2. The van der Waals surface area contributed by atoms with E-state index in [0.29, 0.717) is 0 Å². The molecule has 4 aliphatic rings. The van der Waals surface area contributed by atoms with Gasteiger partial charge in [-0.1, -0.05) is 25.1 Å². The van der Waals surface area contributed by atoms with Gasteiger partial charge >= 0.3 is 0 Å². The molecule has 4 saturated carbocycles. The Morgan fingerprint density at radius 1 is 0.943 bits per heavy atom. The maximum atomic E-state index is 5.91. The van der Waals surface area contributed by atoms with E-state index < -0.39 is 0 Å². The molecular weight excluding hydrogens is 450 g/mol. The van der Waals surface area contributed by atoms with Crippen molar-refractivity contribution in [2.24, 2.45) is 22.7 Å². The number of thiazole rings is 1. The second-order valence-corrected chi connectivity index (χ2v) is 11.9. The van der Waals surface area contributed by atoms with Crippen LogP contribution in [0.2, 0.25) is 0 Å². The van der Waals surface area contributed by atoms with E-state index in [2.05, 4.69) is 34.3 Å². The number of hydrogen-bond acceptors (Lipinski definition) is 4. The molecule has 0 unspecified atom stereocenters. The summed E-state index contributed by atoms with van der Waals surface area (Å²) in [5.41, 5.74) is 2.78. The third kappa shape index (κ3) is 5.06. The lowest BCUT2D eigenvalue weighted by Gasteiger charge is -2.54. The molecule has 4 nitrogen and oxygen atoms in total. The molecule has 0 spiro atoms. The molecule has 5 heteroatoms. The van der Waals surface area contributed by atoms with Crippen LogP contribution in [0.3, 0.4) is 0 Å². The third-order valence-corrected chi connectivity index (χ3v) is 9.12. The molecule has 1 heterocycles. The molecule has 1 N–H and O–H groups in total. The predicted molar refractivity (Wildman–Crippen MR) is 144 cm³/mol. The Balaban J connectivity index is 1.11. The lowest BCUT2D eigenvalue weighted by molar-refractivity contribution is -0.000410. The Morgan fingerprint density at radius 2 is 1.60 bits per heavy atom. The monoisotopic (exact) mass is 487 g/mol. The van der Waals surface area contributed by atoms with E-state index in [0.717, 1.165) is 60.9 Å². The fourth-order valence-electron chi connectivity index (χ4n) is 7.12. The van der Waals surface area contributed by atoms with Crippen molar-refractivity contribution in [3.05, 3.63) is 70.5 Å². The third-order valence-electron chi connectivity index (χ3n) is 8.21. The molecular formula is C30H37N3OS. The molecule has 0 aliphatic heterocycles. The molecule has 4 bridgehead atoms. The van der Waals surface area contributed by atoms with Gasteiger partial charge in [0.2, 0.25) is 0 Å². The summed E-state index contributed by atoms with van der Waals surface area (Å²) in [5.74, 6) is 4.55. The number of rotatable bonds is 9. The van der Waals surface area contributed by atoms with Gasteiger partial charge in [-0.25, -0.2) is 0 Å². The number of aromatic nitrogens is 1. The van der Waals surface area contributed by atoms with Crippen LogP contribution in [0.4, 0.5) is 5.69 Å². The molecule has 4 aliphatic carbocycles. The Morgan fingerprint density at radius 3 is 2.26 bits per heavy atom. The number of anilines is 1. The van der Waals surface area contributed by atoms with Crippen LogP contribution in [0.25, 0.3) is 0 Å². The van der Waals surface area contributed by atoms with Gasteiger partial charge in [0.25, 0.3) is 0 Å². The zero-order valence-electron chi connectivity index (χ0n) is 20.8. The first-order chi connectivity index (χ1) is 17.2. The van der Waals surface area contributed by atoms with Gasteiger partial charge in [-0.05, 0) is 99.1 Å². The van der Waals surface area contributed by atoms with Crippen molar-refractivity contribution in [1.82, 2.24) is 4.57 Å². The van der Waals surface area contributed by atoms with Crippen molar-refractivity contribution < 1.29 is 4.74 Å². The summed E-state index contributed by atoms with van der Waals surface area (Å²) < 4.78 is 8.43. The van der Waals surface area contributed by atoms with Crippen LogP contribution in [-0.2, 0) is 13.0 Å². The standard InChI is InChI=1S/C30H37N3OS/c1-2-14-33-26(12-13-31-25-8-10-28(11-9-25)34-27-6-4-3-5-7-27)21-35-29(33)32-30-18-22-15-23(19-30)17-24(16-22)20-30/h3-11,21-24,31H,2,12-20H2,1H3. The van der Waals surface area contributed by atoms with Crippen LogP contribution in [0, 0.1) is 17.8 Å². The van der Waals surface area contributed by atoms with E-state index in [1.165, 1.54) is 49.0 Å². The summed E-state index contributed by atoms with van der Waals surface area (Å²) in [7, 11) is 0. The molecule has 4 fully saturated rings. The molecule has 0 radical (unpaired) electrons. The average molecular weight is 488 g/mol. The summed E-state index contributed by atoms with van der Waals surface area (Å²) in [6, 6.07) is 18.2. The second-order valence-electron chi connectivity index (χ2n) is 11.0. The molecule has 2 aromatic carbocycles. The smallest absolute Gasteiger partial charge is 0.185 e. The molecule has 3 aromatic rings. The van der Waals surface area contributed by atoms with Gasteiger partial charge in [-0.3, -0.25) is 4.99 Å². The van der Waals surface area contributed by atoms with Crippen LogP contribution < -0.4 is 14.9 Å². The minimum absolute atomic E-state index is 0.244. The number of nitrogens with zero attached hydrogens (tertiary/aromatic N) is 2. The summed E-state index contributed by atoms with van der Waals surface area (Å²) in [6.07, 6.45) is 10.6. The Kier molecular flexibility index (Phi) is 6.44.